The molecule has 0 bridgehead atoms. The third kappa shape index (κ3) is 2.80. The van der Waals surface area contributed by atoms with Crippen molar-refractivity contribution in [3.8, 4) is 0 Å². The molecule has 94 valence electrons. The third-order valence-corrected chi connectivity index (χ3v) is 5.15. The van der Waals surface area contributed by atoms with Gasteiger partial charge in [-0.25, -0.2) is 0 Å². The van der Waals surface area contributed by atoms with E-state index < -0.39 is 0 Å². The van der Waals surface area contributed by atoms with Gasteiger partial charge in [0, 0.05) is 11.2 Å². The minimum Gasteiger partial charge on any atom is -0.378 e. The Kier molecular flexibility index (Phi) is 4.31. The number of rotatable bonds is 3. The Morgan fingerprint density at radius 2 is 1.94 bits per heavy atom. The molecule has 0 N–H and O–H groups in total. The van der Waals surface area contributed by atoms with E-state index in [0.29, 0.717) is 12.0 Å². The van der Waals surface area contributed by atoms with E-state index in [0.717, 1.165) is 24.5 Å². The summed E-state index contributed by atoms with van der Waals surface area (Å²) in [6.45, 7) is 6.22. The molecule has 1 aliphatic carbocycles. The van der Waals surface area contributed by atoms with Gasteiger partial charge in [-0.15, -0.1) is 0 Å². The van der Waals surface area contributed by atoms with Crippen LogP contribution in [-0.4, -0.2) is 30.2 Å². The fourth-order valence-electron chi connectivity index (χ4n) is 2.68. The number of halogens is 1. The van der Waals surface area contributed by atoms with Crippen LogP contribution in [0.4, 0.5) is 0 Å². The first-order valence-corrected chi connectivity index (χ1v) is 7.59. The summed E-state index contributed by atoms with van der Waals surface area (Å²) in [6, 6.07) is 0. The van der Waals surface area contributed by atoms with E-state index in [2.05, 4.69) is 29.8 Å². The first-order chi connectivity index (χ1) is 7.65. The van der Waals surface area contributed by atoms with Crippen molar-refractivity contribution in [1.82, 2.24) is 0 Å². The summed E-state index contributed by atoms with van der Waals surface area (Å²) in [5.74, 6) is 1.42. The van der Waals surface area contributed by atoms with Gasteiger partial charge in [-0.3, -0.25) is 0 Å². The van der Waals surface area contributed by atoms with Crippen LogP contribution < -0.4 is 0 Å². The van der Waals surface area contributed by atoms with Gasteiger partial charge in [-0.2, -0.15) is 0 Å². The molecule has 1 heterocycles. The van der Waals surface area contributed by atoms with Crippen LogP contribution in [0.2, 0.25) is 0 Å². The standard InChI is InChI=1S/C13H23BrO2/c1-10-3-5-13(9-14,6-4-10)16-12-8-15-7-11(12)2/h10-12H,3-9H2,1-2H3. The number of ether oxygens (including phenoxy) is 2. The molecule has 0 amide bonds. The van der Waals surface area contributed by atoms with Gasteiger partial charge in [0.05, 0.1) is 24.9 Å². The molecule has 3 heteroatoms. The maximum Gasteiger partial charge on any atom is 0.0863 e. The Hall–Kier alpha value is 0.400. The van der Waals surface area contributed by atoms with Gasteiger partial charge in [0.2, 0.25) is 0 Å². The second kappa shape index (κ2) is 5.36. The van der Waals surface area contributed by atoms with E-state index in [1.54, 1.807) is 0 Å². The Labute approximate surface area is 107 Å². The molecular formula is C13H23BrO2. The lowest BCUT2D eigenvalue weighted by atomic mass is 9.80. The number of alkyl halides is 1. The van der Waals surface area contributed by atoms with Gasteiger partial charge < -0.3 is 9.47 Å². The SMILES string of the molecule is CC1CCC(CBr)(OC2COCC2C)CC1. The van der Waals surface area contributed by atoms with Crippen LogP contribution in [0.1, 0.15) is 39.5 Å². The second-order valence-electron chi connectivity index (χ2n) is 5.67. The van der Waals surface area contributed by atoms with E-state index in [1.807, 2.05) is 0 Å². The van der Waals surface area contributed by atoms with E-state index in [-0.39, 0.29) is 5.60 Å². The first kappa shape index (κ1) is 12.8. The molecule has 0 aromatic heterocycles. The molecule has 0 aromatic carbocycles. The molecule has 1 saturated carbocycles. The van der Waals surface area contributed by atoms with Gasteiger partial charge in [-0.1, -0.05) is 29.8 Å². The number of hydrogen-bond acceptors (Lipinski definition) is 2. The molecule has 2 fully saturated rings. The van der Waals surface area contributed by atoms with Crippen molar-refractivity contribution in [2.75, 3.05) is 18.5 Å². The van der Waals surface area contributed by atoms with Crippen molar-refractivity contribution in [3.63, 3.8) is 0 Å². The van der Waals surface area contributed by atoms with Gasteiger partial charge in [-0.05, 0) is 31.6 Å². The first-order valence-electron chi connectivity index (χ1n) is 6.47. The lowest BCUT2D eigenvalue weighted by Crippen LogP contribution is -2.43. The average Bonchev–Trinajstić information content (AvgIpc) is 2.68. The maximum absolute atomic E-state index is 6.38. The van der Waals surface area contributed by atoms with E-state index in [4.69, 9.17) is 9.47 Å². The minimum absolute atomic E-state index is 0.0825. The van der Waals surface area contributed by atoms with Crippen LogP contribution in [0.25, 0.3) is 0 Å². The zero-order chi connectivity index (χ0) is 11.6. The molecule has 2 unspecified atom stereocenters. The molecule has 1 saturated heterocycles. The second-order valence-corrected chi connectivity index (χ2v) is 6.23. The highest BCUT2D eigenvalue weighted by Crippen LogP contribution is 2.38. The van der Waals surface area contributed by atoms with Crippen LogP contribution in [0.15, 0.2) is 0 Å². The van der Waals surface area contributed by atoms with Gasteiger partial charge in [0.25, 0.3) is 0 Å². The lowest BCUT2D eigenvalue weighted by Gasteiger charge is -2.40. The Bertz CT molecular complexity index is 224. The van der Waals surface area contributed by atoms with Crippen LogP contribution in [-0.2, 0) is 9.47 Å². The molecule has 0 aromatic rings. The fourth-order valence-corrected chi connectivity index (χ4v) is 3.38. The van der Waals surface area contributed by atoms with Crippen molar-refractivity contribution >= 4 is 15.9 Å². The third-order valence-electron chi connectivity index (χ3n) is 4.13. The summed E-state index contributed by atoms with van der Waals surface area (Å²) >= 11 is 3.65. The van der Waals surface area contributed by atoms with Crippen molar-refractivity contribution in [2.24, 2.45) is 11.8 Å². The van der Waals surface area contributed by atoms with E-state index >= 15 is 0 Å². The molecule has 0 radical (unpaired) electrons. The summed E-state index contributed by atoms with van der Waals surface area (Å²) in [5, 5.41) is 0.968. The van der Waals surface area contributed by atoms with Crippen molar-refractivity contribution < 1.29 is 9.47 Å². The molecule has 1 aliphatic heterocycles. The zero-order valence-electron chi connectivity index (χ0n) is 10.4. The monoisotopic (exact) mass is 290 g/mol. The van der Waals surface area contributed by atoms with Crippen molar-refractivity contribution in [3.05, 3.63) is 0 Å². The summed E-state index contributed by atoms with van der Waals surface area (Å²) in [7, 11) is 0. The molecule has 16 heavy (non-hydrogen) atoms. The zero-order valence-corrected chi connectivity index (χ0v) is 12.0. The van der Waals surface area contributed by atoms with Gasteiger partial charge in [0.15, 0.2) is 0 Å². The summed E-state index contributed by atoms with van der Waals surface area (Å²) in [4.78, 5) is 0. The Balaban J connectivity index is 1.93. The topological polar surface area (TPSA) is 18.5 Å². The summed E-state index contributed by atoms with van der Waals surface area (Å²) in [5.41, 5.74) is 0.0825. The van der Waals surface area contributed by atoms with Gasteiger partial charge in [0.1, 0.15) is 0 Å². The lowest BCUT2D eigenvalue weighted by molar-refractivity contribution is -0.112. The van der Waals surface area contributed by atoms with Crippen LogP contribution in [0, 0.1) is 11.8 Å². The van der Waals surface area contributed by atoms with Crippen LogP contribution in [0.3, 0.4) is 0 Å². The molecule has 2 atom stereocenters. The predicted octanol–water partition coefficient (Wildman–Crippen LogP) is 3.38. The fraction of sp³-hybridized carbons (Fsp3) is 1.00. The smallest absolute Gasteiger partial charge is 0.0863 e. The van der Waals surface area contributed by atoms with E-state index in [9.17, 15) is 0 Å². The average molecular weight is 291 g/mol. The molecule has 2 aliphatic rings. The highest BCUT2D eigenvalue weighted by atomic mass is 79.9. The van der Waals surface area contributed by atoms with Crippen LogP contribution >= 0.6 is 15.9 Å². The molecule has 2 rings (SSSR count). The highest BCUT2D eigenvalue weighted by molar-refractivity contribution is 9.09. The van der Waals surface area contributed by atoms with Crippen molar-refractivity contribution in [2.45, 2.75) is 51.2 Å². The predicted molar refractivity (Wildman–Crippen MR) is 69.0 cm³/mol. The quantitative estimate of drug-likeness (QED) is 0.742. The normalized spacial score (nSPS) is 44.8. The Morgan fingerprint density at radius 3 is 2.44 bits per heavy atom. The molecule has 0 spiro atoms. The van der Waals surface area contributed by atoms with Gasteiger partial charge >= 0.3 is 0 Å². The Morgan fingerprint density at radius 1 is 1.25 bits per heavy atom. The summed E-state index contributed by atoms with van der Waals surface area (Å²) < 4.78 is 11.9. The highest BCUT2D eigenvalue weighted by Gasteiger charge is 2.39. The minimum atomic E-state index is 0.0825. The number of hydrogen-bond donors (Lipinski definition) is 0. The van der Waals surface area contributed by atoms with Crippen molar-refractivity contribution in [1.29, 1.82) is 0 Å². The summed E-state index contributed by atoms with van der Waals surface area (Å²) in [6.07, 6.45) is 5.30. The van der Waals surface area contributed by atoms with E-state index in [1.165, 1.54) is 25.7 Å². The maximum atomic E-state index is 6.38. The molecule has 2 nitrogen and oxygen atoms in total. The largest absolute Gasteiger partial charge is 0.378 e. The van der Waals surface area contributed by atoms with Crippen LogP contribution in [0.5, 0.6) is 0 Å². The molecular weight excluding hydrogens is 268 g/mol.